The minimum atomic E-state index is -0.172. The Hall–Kier alpha value is -3.29. The molecule has 0 fully saturated rings. The highest BCUT2D eigenvalue weighted by Gasteiger charge is 2.01. The van der Waals surface area contributed by atoms with Crippen molar-refractivity contribution in [3.8, 4) is 23.7 Å². The van der Waals surface area contributed by atoms with E-state index in [1.54, 1.807) is 0 Å². The largest absolute Gasteiger partial charge is 0.207 e. The number of rotatable bonds is 8. The lowest BCUT2D eigenvalue weighted by Crippen LogP contribution is -1.90. The number of halogens is 1. The number of unbranched alkanes of at least 4 members (excludes halogenated alkanes) is 4. The molecule has 1 heteroatoms. The van der Waals surface area contributed by atoms with Crippen LogP contribution >= 0.6 is 0 Å². The molecule has 0 N–H and O–H groups in total. The Labute approximate surface area is 199 Å². The van der Waals surface area contributed by atoms with Crippen LogP contribution in [0.25, 0.3) is 0 Å². The van der Waals surface area contributed by atoms with Crippen LogP contribution in [0.3, 0.4) is 0 Å². The van der Waals surface area contributed by atoms with Crippen molar-refractivity contribution in [1.82, 2.24) is 0 Å². The lowest BCUT2D eigenvalue weighted by atomic mass is 10.0. The van der Waals surface area contributed by atoms with Gasteiger partial charge in [0.25, 0.3) is 0 Å². The molecule has 0 heterocycles. The van der Waals surface area contributed by atoms with Crippen molar-refractivity contribution in [2.75, 3.05) is 0 Å². The molecule has 3 aromatic rings. The molecule has 0 spiro atoms. The smallest absolute Gasteiger partial charge is 0.127 e. The summed E-state index contributed by atoms with van der Waals surface area (Å²) in [5.41, 5.74) is 5.71. The lowest BCUT2D eigenvalue weighted by molar-refractivity contribution is 0.607. The van der Waals surface area contributed by atoms with Gasteiger partial charge in [0, 0.05) is 22.3 Å². The third-order valence-electron chi connectivity index (χ3n) is 5.68. The molecule has 0 saturated carbocycles. The Bertz CT molecular complexity index is 1130. The predicted octanol–water partition coefficient (Wildman–Crippen LogP) is 8.09. The van der Waals surface area contributed by atoms with Gasteiger partial charge in [-0.05, 0) is 78.9 Å². The van der Waals surface area contributed by atoms with E-state index in [4.69, 9.17) is 0 Å². The molecule has 0 saturated heterocycles. The summed E-state index contributed by atoms with van der Waals surface area (Å²) in [7, 11) is 0. The van der Waals surface area contributed by atoms with Crippen molar-refractivity contribution in [2.24, 2.45) is 0 Å². The van der Waals surface area contributed by atoms with Crippen LogP contribution in [-0.4, -0.2) is 0 Å². The average molecular weight is 437 g/mol. The molecular weight excluding hydrogens is 403 g/mol. The van der Waals surface area contributed by atoms with Crippen molar-refractivity contribution in [2.45, 2.75) is 65.2 Å². The molecule has 0 nitrogen and oxygen atoms in total. The van der Waals surface area contributed by atoms with Gasteiger partial charge in [-0.2, -0.15) is 0 Å². The second kappa shape index (κ2) is 13.3. The molecule has 0 aromatic heterocycles. The first-order valence-electron chi connectivity index (χ1n) is 12.2. The monoisotopic (exact) mass is 436 g/mol. The van der Waals surface area contributed by atoms with Crippen LogP contribution in [0.5, 0.6) is 0 Å². The number of aryl methyl sites for hydroxylation is 2. The first-order chi connectivity index (χ1) is 16.2. The fraction of sp³-hybridized carbons (Fsp3) is 0.312. The third kappa shape index (κ3) is 8.29. The summed E-state index contributed by atoms with van der Waals surface area (Å²) in [6.45, 7) is 4.30. The molecule has 0 radical (unpaired) electrons. The molecule has 0 aliphatic heterocycles. The van der Waals surface area contributed by atoms with Crippen molar-refractivity contribution >= 4 is 0 Å². The summed E-state index contributed by atoms with van der Waals surface area (Å²) in [4.78, 5) is 0. The van der Waals surface area contributed by atoms with Gasteiger partial charge < -0.3 is 0 Å². The predicted molar refractivity (Wildman–Crippen MR) is 138 cm³/mol. The van der Waals surface area contributed by atoms with Crippen LogP contribution in [0.15, 0.2) is 66.7 Å². The molecular formula is C32H33F. The molecule has 0 atom stereocenters. The molecule has 3 aromatic carbocycles. The summed E-state index contributed by atoms with van der Waals surface area (Å²) in [5.74, 6) is 12.5. The Balaban J connectivity index is 1.55. The van der Waals surface area contributed by atoms with E-state index in [9.17, 15) is 4.39 Å². The van der Waals surface area contributed by atoms with Gasteiger partial charge in [0.1, 0.15) is 5.82 Å². The fourth-order valence-electron chi connectivity index (χ4n) is 3.71. The summed E-state index contributed by atoms with van der Waals surface area (Å²) < 4.78 is 14.1. The highest BCUT2D eigenvalue weighted by molar-refractivity contribution is 5.48. The SMILES string of the molecule is CCCCCCCc1ccc(C#Cc2ccc(C#Cc3ccc(CCC)c(F)c3)cc2)cc1. The standard InChI is InChI=1S/C32H33F/c1-3-5-6-7-8-10-26-11-13-27(14-12-26)15-16-28-17-19-29(20-18-28)21-22-30-23-24-31(9-4-2)32(33)25-30/h11-14,17-20,23-25H,3-10H2,1-2H3. The summed E-state index contributed by atoms with van der Waals surface area (Å²) in [6, 6.07) is 21.7. The Morgan fingerprint density at radius 1 is 0.545 bits per heavy atom. The summed E-state index contributed by atoms with van der Waals surface area (Å²) in [6.07, 6.45) is 9.39. The minimum Gasteiger partial charge on any atom is -0.207 e. The maximum atomic E-state index is 14.1. The Morgan fingerprint density at radius 3 is 1.61 bits per heavy atom. The van der Waals surface area contributed by atoms with Crippen LogP contribution in [0.4, 0.5) is 4.39 Å². The van der Waals surface area contributed by atoms with Crippen molar-refractivity contribution in [1.29, 1.82) is 0 Å². The number of benzene rings is 3. The normalized spacial score (nSPS) is 10.2. The first kappa shape index (κ1) is 24.4. The van der Waals surface area contributed by atoms with Gasteiger partial charge in [-0.25, -0.2) is 4.39 Å². The van der Waals surface area contributed by atoms with E-state index in [0.717, 1.165) is 41.5 Å². The maximum absolute atomic E-state index is 14.1. The van der Waals surface area contributed by atoms with E-state index in [-0.39, 0.29) is 5.82 Å². The minimum absolute atomic E-state index is 0.172. The Morgan fingerprint density at radius 2 is 1.06 bits per heavy atom. The zero-order valence-electron chi connectivity index (χ0n) is 19.9. The van der Waals surface area contributed by atoms with Crippen molar-refractivity contribution in [3.05, 3.63) is 106 Å². The van der Waals surface area contributed by atoms with Gasteiger partial charge in [-0.15, -0.1) is 0 Å². The molecule has 0 aliphatic rings. The van der Waals surface area contributed by atoms with E-state index in [0.29, 0.717) is 5.56 Å². The lowest BCUT2D eigenvalue weighted by Gasteiger charge is -2.01. The van der Waals surface area contributed by atoms with E-state index in [1.165, 1.54) is 43.7 Å². The van der Waals surface area contributed by atoms with E-state index in [1.807, 2.05) is 43.3 Å². The molecule has 0 aliphatic carbocycles. The van der Waals surface area contributed by atoms with Crippen LogP contribution in [0.2, 0.25) is 0 Å². The topological polar surface area (TPSA) is 0 Å². The van der Waals surface area contributed by atoms with E-state index < -0.39 is 0 Å². The highest BCUT2D eigenvalue weighted by atomic mass is 19.1. The van der Waals surface area contributed by atoms with Crippen LogP contribution in [0, 0.1) is 29.5 Å². The van der Waals surface area contributed by atoms with Gasteiger partial charge in [0.15, 0.2) is 0 Å². The molecule has 0 bridgehead atoms. The second-order valence-electron chi connectivity index (χ2n) is 8.49. The maximum Gasteiger partial charge on any atom is 0.127 e. The number of hydrogen-bond acceptors (Lipinski definition) is 0. The zero-order chi connectivity index (χ0) is 23.3. The van der Waals surface area contributed by atoms with Gasteiger partial charge in [0.2, 0.25) is 0 Å². The molecule has 168 valence electrons. The second-order valence-corrected chi connectivity index (χ2v) is 8.49. The highest BCUT2D eigenvalue weighted by Crippen LogP contribution is 2.13. The summed E-state index contributed by atoms with van der Waals surface area (Å²) in [5, 5.41) is 0. The van der Waals surface area contributed by atoms with Crippen LogP contribution in [-0.2, 0) is 12.8 Å². The fourth-order valence-corrected chi connectivity index (χ4v) is 3.71. The quantitative estimate of drug-likeness (QED) is 0.247. The van der Waals surface area contributed by atoms with Gasteiger partial charge in [-0.1, -0.05) is 87.8 Å². The molecule has 3 rings (SSSR count). The van der Waals surface area contributed by atoms with Gasteiger partial charge in [-0.3, -0.25) is 0 Å². The molecule has 0 unspecified atom stereocenters. The summed E-state index contributed by atoms with van der Waals surface area (Å²) >= 11 is 0. The number of hydrogen-bond donors (Lipinski definition) is 0. The van der Waals surface area contributed by atoms with Crippen LogP contribution in [0.1, 0.15) is 85.8 Å². The van der Waals surface area contributed by atoms with Crippen LogP contribution < -0.4 is 0 Å². The van der Waals surface area contributed by atoms with Gasteiger partial charge in [0.05, 0.1) is 0 Å². The zero-order valence-corrected chi connectivity index (χ0v) is 19.9. The van der Waals surface area contributed by atoms with E-state index in [2.05, 4.69) is 54.9 Å². The Kier molecular flexibility index (Phi) is 9.82. The average Bonchev–Trinajstić information content (AvgIpc) is 2.84. The van der Waals surface area contributed by atoms with E-state index >= 15 is 0 Å². The van der Waals surface area contributed by atoms with Crippen molar-refractivity contribution < 1.29 is 4.39 Å². The molecule has 33 heavy (non-hydrogen) atoms. The third-order valence-corrected chi connectivity index (χ3v) is 5.68. The van der Waals surface area contributed by atoms with Crippen molar-refractivity contribution in [3.63, 3.8) is 0 Å². The van der Waals surface area contributed by atoms with Gasteiger partial charge >= 0.3 is 0 Å². The first-order valence-corrected chi connectivity index (χ1v) is 12.2. The molecule has 0 amide bonds.